The number of hydrogen-bond acceptors (Lipinski definition) is 5. The van der Waals surface area contributed by atoms with Gasteiger partial charge in [-0.3, -0.25) is 9.59 Å². The zero-order chi connectivity index (χ0) is 21.8. The van der Waals surface area contributed by atoms with Crippen LogP contribution >= 0.6 is 11.8 Å². The Labute approximate surface area is 186 Å². The van der Waals surface area contributed by atoms with Gasteiger partial charge in [-0.1, -0.05) is 12.1 Å². The highest BCUT2D eigenvalue weighted by Crippen LogP contribution is 2.29. The van der Waals surface area contributed by atoms with Crippen molar-refractivity contribution in [1.82, 2.24) is 9.55 Å². The predicted octanol–water partition coefficient (Wildman–Crippen LogP) is 4.79. The number of nitrogens with one attached hydrogen (secondary N) is 1. The topological polar surface area (TPSA) is 73.2 Å². The zero-order valence-corrected chi connectivity index (χ0v) is 18.4. The van der Waals surface area contributed by atoms with Crippen LogP contribution in [0.25, 0.3) is 11.4 Å². The first-order chi connectivity index (χ1) is 15.1. The Bertz CT molecular complexity index is 1090. The number of fused-ring (bicyclic) bond motifs is 1. The number of imidazole rings is 1. The number of rotatable bonds is 6. The molecule has 1 amide bonds. The summed E-state index contributed by atoms with van der Waals surface area (Å²) in [7, 11) is 1.36. The van der Waals surface area contributed by atoms with Crippen LogP contribution in [0, 0.1) is 0 Å². The number of ether oxygens (including phenoxy) is 1. The standard InChI is InChI=1S/C24H25N3O3S/c1-16(24(29)30-2)31-21-9-4-3-8-20(21)23(28)26-18-12-10-17(11-13-18)22-25-15-19-7-5-6-14-27(19)22/h3-4,8-13,15-16H,5-7,14H2,1-2H3,(H,26,28). The summed E-state index contributed by atoms with van der Waals surface area (Å²) in [4.78, 5) is 30.0. The van der Waals surface area contributed by atoms with Gasteiger partial charge in [0, 0.05) is 34.6 Å². The van der Waals surface area contributed by atoms with Crippen LogP contribution in [0.15, 0.2) is 59.6 Å². The second-order valence-electron chi connectivity index (χ2n) is 7.49. The number of carbonyl (C=O) groups excluding carboxylic acids is 2. The lowest BCUT2D eigenvalue weighted by Crippen LogP contribution is -2.17. The molecule has 1 atom stereocenters. The number of methoxy groups -OCH3 is 1. The fourth-order valence-electron chi connectivity index (χ4n) is 3.73. The molecule has 7 heteroatoms. The minimum atomic E-state index is -0.404. The van der Waals surface area contributed by atoms with E-state index in [4.69, 9.17) is 4.74 Å². The third-order valence-electron chi connectivity index (χ3n) is 5.37. The number of carbonyl (C=O) groups is 2. The first-order valence-corrected chi connectivity index (χ1v) is 11.2. The van der Waals surface area contributed by atoms with Crippen LogP contribution in [0.5, 0.6) is 0 Å². The summed E-state index contributed by atoms with van der Waals surface area (Å²) in [5, 5.41) is 2.55. The van der Waals surface area contributed by atoms with Crippen LogP contribution in [0.1, 0.15) is 35.8 Å². The average Bonchev–Trinajstić information content (AvgIpc) is 3.23. The van der Waals surface area contributed by atoms with E-state index in [0.717, 1.165) is 29.2 Å². The van der Waals surface area contributed by atoms with Gasteiger partial charge < -0.3 is 14.6 Å². The Morgan fingerprint density at radius 2 is 1.90 bits per heavy atom. The minimum Gasteiger partial charge on any atom is -0.468 e. The molecule has 6 nitrogen and oxygen atoms in total. The molecule has 1 N–H and O–H groups in total. The van der Waals surface area contributed by atoms with E-state index in [1.54, 1.807) is 13.0 Å². The fraction of sp³-hybridized carbons (Fsp3) is 0.292. The average molecular weight is 436 g/mol. The summed E-state index contributed by atoms with van der Waals surface area (Å²) < 4.78 is 7.07. The van der Waals surface area contributed by atoms with Gasteiger partial charge >= 0.3 is 5.97 Å². The monoisotopic (exact) mass is 435 g/mol. The summed E-state index contributed by atoms with van der Waals surface area (Å²) >= 11 is 1.31. The maximum Gasteiger partial charge on any atom is 0.318 e. The molecule has 0 saturated heterocycles. The molecule has 160 valence electrons. The minimum absolute atomic E-state index is 0.217. The van der Waals surface area contributed by atoms with Gasteiger partial charge in [-0.05, 0) is 62.6 Å². The normalized spacial score (nSPS) is 13.9. The van der Waals surface area contributed by atoms with Crippen molar-refractivity contribution in [2.75, 3.05) is 12.4 Å². The highest BCUT2D eigenvalue weighted by atomic mass is 32.2. The first-order valence-electron chi connectivity index (χ1n) is 10.4. The van der Waals surface area contributed by atoms with Crippen molar-refractivity contribution in [2.45, 2.75) is 42.9 Å². The number of nitrogens with zero attached hydrogens (tertiary/aromatic N) is 2. The van der Waals surface area contributed by atoms with Crippen molar-refractivity contribution in [3.63, 3.8) is 0 Å². The quantitative estimate of drug-likeness (QED) is 0.445. The second kappa shape index (κ2) is 9.39. The number of thioether (sulfide) groups is 1. The zero-order valence-electron chi connectivity index (χ0n) is 17.6. The molecule has 1 aliphatic rings. The van der Waals surface area contributed by atoms with Crippen LogP contribution < -0.4 is 5.32 Å². The molecule has 31 heavy (non-hydrogen) atoms. The molecule has 0 bridgehead atoms. The summed E-state index contributed by atoms with van der Waals surface area (Å²) in [6.45, 7) is 2.76. The van der Waals surface area contributed by atoms with E-state index in [1.807, 2.05) is 48.7 Å². The van der Waals surface area contributed by atoms with E-state index >= 15 is 0 Å². The Kier molecular flexibility index (Phi) is 6.42. The number of hydrogen-bond donors (Lipinski definition) is 1. The first kappa shape index (κ1) is 21.2. The molecule has 1 aromatic heterocycles. The fourth-order valence-corrected chi connectivity index (χ4v) is 4.75. The van der Waals surface area contributed by atoms with E-state index in [0.29, 0.717) is 11.3 Å². The number of amides is 1. The van der Waals surface area contributed by atoms with E-state index in [1.165, 1.54) is 37.4 Å². The van der Waals surface area contributed by atoms with Crippen LogP contribution in [-0.2, 0) is 22.5 Å². The number of anilines is 1. The van der Waals surface area contributed by atoms with Crippen molar-refractivity contribution < 1.29 is 14.3 Å². The molecule has 4 rings (SSSR count). The van der Waals surface area contributed by atoms with Gasteiger partial charge in [0.1, 0.15) is 11.1 Å². The van der Waals surface area contributed by atoms with Crippen molar-refractivity contribution >= 4 is 29.3 Å². The SMILES string of the molecule is COC(=O)C(C)Sc1ccccc1C(=O)Nc1ccc(-c2ncc3n2CCCC3)cc1. The maximum absolute atomic E-state index is 12.9. The molecule has 0 fully saturated rings. The van der Waals surface area contributed by atoms with Crippen LogP contribution in [0.3, 0.4) is 0 Å². The van der Waals surface area contributed by atoms with Gasteiger partial charge in [0.2, 0.25) is 0 Å². The summed E-state index contributed by atoms with van der Waals surface area (Å²) in [6.07, 6.45) is 5.44. The Balaban J connectivity index is 1.48. The van der Waals surface area contributed by atoms with E-state index in [-0.39, 0.29) is 11.9 Å². The molecule has 2 aromatic carbocycles. The Morgan fingerprint density at radius 1 is 1.13 bits per heavy atom. The molecule has 0 aliphatic carbocycles. The maximum atomic E-state index is 12.9. The molecule has 1 unspecified atom stereocenters. The molecule has 3 aromatic rings. The van der Waals surface area contributed by atoms with Crippen LogP contribution in [0.2, 0.25) is 0 Å². The smallest absolute Gasteiger partial charge is 0.318 e. The van der Waals surface area contributed by atoms with E-state index < -0.39 is 5.25 Å². The lowest BCUT2D eigenvalue weighted by atomic mass is 10.1. The van der Waals surface area contributed by atoms with Gasteiger partial charge in [0.25, 0.3) is 5.91 Å². The lowest BCUT2D eigenvalue weighted by Gasteiger charge is -2.16. The van der Waals surface area contributed by atoms with Crippen LogP contribution in [-0.4, -0.2) is 33.8 Å². The van der Waals surface area contributed by atoms with E-state index in [9.17, 15) is 9.59 Å². The van der Waals surface area contributed by atoms with Crippen molar-refractivity contribution in [3.8, 4) is 11.4 Å². The number of benzene rings is 2. The largest absolute Gasteiger partial charge is 0.468 e. The summed E-state index contributed by atoms with van der Waals surface area (Å²) in [5.41, 5.74) is 3.55. The predicted molar refractivity (Wildman–Crippen MR) is 122 cm³/mol. The van der Waals surface area contributed by atoms with Gasteiger partial charge in [-0.2, -0.15) is 0 Å². The molecular weight excluding hydrogens is 410 g/mol. The van der Waals surface area contributed by atoms with E-state index in [2.05, 4.69) is 14.9 Å². The van der Waals surface area contributed by atoms with Gasteiger partial charge in [0.05, 0.1) is 12.7 Å². The summed E-state index contributed by atoms with van der Waals surface area (Å²) in [5.74, 6) is 0.439. The highest BCUT2D eigenvalue weighted by Gasteiger charge is 2.19. The number of aromatic nitrogens is 2. The van der Waals surface area contributed by atoms with Crippen molar-refractivity contribution in [3.05, 3.63) is 66.0 Å². The second-order valence-corrected chi connectivity index (χ2v) is 8.88. The Morgan fingerprint density at radius 3 is 2.68 bits per heavy atom. The van der Waals surface area contributed by atoms with Crippen LogP contribution in [0.4, 0.5) is 5.69 Å². The molecule has 0 saturated carbocycles. The number of esters is 1. The molecule has 0 spiro atoms. The molecule has 0 radical (unpaired) electrons. The van der Waals surface area contributed by atoms with Crippen molar-refractivity contribution in [1.29, 1.82) is 0 Å². The van der Waals surface area contributed by atoms with Crippen molar-refractivity contribution in [2.24, 2.45) is 0 Å². The highest BCUT2D eigenvalue weighted by molar-refractivity contribution is 8.00. The van der Waals surface area contributed by atoms with Gasteiger partial charge in [-0.15, -0.1) is 11.8 Å². The molecule has 2 heterocycles. The summed E-state index contributed by atoms with van der Waals surface area (Å²) in [6, 6.07) is 15.0. The number of aryl methyl sites for hydroxylation is 1. The van der Waals surface area contributed by atoms with Gasteiger partial charge in [-0.25, -0.2) is 4.98 Å². The van der Waals surface area contributed by atoms with Gasteiger partial charge in [0.15, 0.2) is 0 Å². The molecular formula is C24H25N3O3S. The third kappa shape index (κ3) is 4.66. The molecule has 1 aliphatic heterocycles. The Hall–Kier alpha value is -3.06. The lowest BCUT2D eigenvalue weighted by molar-refractivity contribution is -0.139. The third-order valence-corrected chi connectivity index (χ3v) is 6.53.